The number of carbonyl (C=O) groups excluding carboxylic acids is 1. The number of hydrogen-bond donors (Lipinski definition) is 0. The number of para-hydroxylation sites is 1. The summed E-state index contributed by atoms with van der Waals surface area (Å²) in [7, 11) is -3.82. The summed E-state index contributed by atoms with van der Waals surface area (Å²) >= 11 is 0. The molecule has 140 valence electrons. The van der Waals surface area contributed by atoms with E-state index in [1.807, 2.05) is 24.3 Å². The number of ether oxygens (including phenoxy) is 1. The van der Waals surface area contributed by atoms with Gasteiger partial charge in [-0.1, -0.05) is 30.3 Å². The minimum absolute atomic E-state index is 0.0301. The van der Waals surface area contributed by atoms with Crippen molar-refractivity contribution in [1.29, 1.82) is 5.26 Å². The summed E-state index contributed by atoms with van der Waals surface area (Å²) in [5.41, 5.74) is 1.83. The van der Waals surface area contributed by atoms with E-state index >= 15 is 0 Å². The van der Waals surface area contributed by atoms with Gasteiger partial charge in [-0.2, -0.15) is 10.4 Å². The smallest absolute Gasteiger partial charge is 0.359 e. The topological polar surface area (TPSA) is 102 Å². The second-order valence-electron chi connectivity index (χ2n) is 6.20. The largest absolute Gasteiger partial charge is 0.461 e. The number of benzene rings is 2. The zero-order valence-corrected chi connectivity index (χ0v) is 15.7. The maximum atomic E-state index is 13.0. The lowest BCUT2D eigenvalue weighted by Crippen LogP contribution is -2.17. The highest BCUT2D eigenvalue weighted by atomic mass is 32.2. The standard InChI is InChI=1S/C20H15N3O4S/c1-2-27-20(24)17-16-12-28(25,26)19-13(11-21)7-6-10-15(19)18(16)23(22-17)14-8-4-3-5-9-14/h3-10H,2,12H2,1H3. The van der Waals surface area contributed by atoms with E-state index in [-0.39, 0.29) is 28.3 Å². The molecule has 2 heterocycles. The molecule has 0 spiro atoms. The van der Waals surface area contributed by atoms with Crippen LogP contribution in [0, 0.1) is 11.3 Å². The third-order valence-electron chi connectivity index (χ3n) is 4.49. The summed E-state index contributed by atoms with van der Waals surface area (Å²) in [6.07, 6.45) is 0. The highest BCUT2D eigenvalue weighted by molar-refractivity contribution is 7.91. The Morgan fingerprint density at radius 2 is 1.96 bits per heavy atom. The number of nitrogens with zero attached hydrogens (tertiary/aromatic N) is 3. The molecule has 2 aromatic carbocycles. The van der Waals surface area contributed by atoms with Crippen molar-refractivity contribution in [2.24, 2.45) is 0 Å². The Bertz CT molecular complexity index is 1240. The van der Waals surface area contributed by atoms with Crippen molar-refractivity contribution in [2.75, 3.05) is 6.61 Å². The van der Waals surface area contributed by atoms with Crippen LogP contribution in [0.3, 0.4) is 0 Å². The zero-order chi connectivity index (χ0) is 19.9. The van der Waals surface area contributed by atoms with Crippen LogP contribution < -0.4 is 0 Å². The second kappa shape index (κ2) is 6.62. The van der Waals surface area contributed by atoms with Crippen molar-refractivity contribution in [3.8, 4) is 23.0 Å². The van der Waals surface area contributed by atoms with Crippen LogP contribution in [0.15, 0.2) is 53.4 Å². The molecule has 8 heteroatoms. The number of aromatic nitrogens is 2. The molecule has 0 aliphatic carbocycles. The number of rotatable bonds is 3. The van der Waals surface area contributed by atoms with Crippen LogP contribution in [-0.2, 0) is 20.3 Å². The highest BCUT2D eigenvalue weighted by Gasteiger charge is 2.38. The minimum Gasteiger partial charge on any atom is -0.461 e. The van der Waals surface area contributed by atoms with Crippen LogP contribution in [0.4, 0.5) is 0 Å². The number of carbonyl (C=O) groups is 1. The molecule has 0 saturated heterocycles. The fourth-order valence-corrected chi connectivity index (χ4v) is 5.14. The van der Waals surface area contributed by atoms with E-state index in [0.717, 1.165) is 0 Å². The van der Waals surface area contributed by atoms with Gasteiger partial charge in [-0.15, -0.1) is 0 Å². The van der Waals surface area contributed by atoms with Gasteiger partial charge in [0.15, 0.2) is 15.5 Å². The van der Waals surface area contributed by atoms with Gasteiger partial charge >= 0.3 is 5.97 Å². The molecule has 0 amide bonds. The summed E-state index contributed by atoms with van der Waals surface area (Å²) in [4.78, 5) is 12.4. The van der Waals surface area contributed by atoms with Crippen LogP contribution in [0.5, 0.6) is 0 Å². The Balaban J connectivity index is 2.10. The first-order valence-electron chi connectivity index (χ1n) is 8.58. The van der Waals surface area contributed by atoms with Gasteiger partial charge in [0.2, 0.25) is 0 Å². The van der Waals surface area contributed by atoms with Crippen molar-refractivity contribution >= 4 is 15.8 Å². The van der Waals surface area contributed by atoms with Crippen molar-refractivity contribution in [2.45, 2.75) is 17.6 Å². The molecular formula is C20H15N3O4S. The predicted molar refractivity (Wildman–Crippen MR) is 101 cm³/mol. The van der Waals surface area contributed by atoms with E-state index in [4.69, 9.17) is 4.74 Å². The molecule has 0 N–H and O–H groups in total. The Hall–Kier alpha value is -3.44. The first-order valence-corrected chi connectivity index (χ1v) is 10.2. The molecule has 28 heavy (non-hydrogen) atoms. The van der Waals surface area contributed by atoms with E-state index < -0.39 is 21.6 Å². The van der Waals surface area contributed by atoms with E-state index in [1.54, 1.807) is 31.2 Å². The molecule has 1 aliphatic rings. The van der Waals surface area contributed by atoms with E-state index in [9.17, 15) is 18.5 Å². The van der Waals surface area contributed by atoms with Gasteiger partial charge in [0.25, 0.3) is 0 Å². The quantitative estimate of drug-likeness (QED) is 0.634. The van der Waals surface area contributed by atoms with Gasteiger partial charge in [0, 0.05) is 11.1 Å². The maximum absolute atomic E-state index is 13.0. The van der Waals surface area contributed by atoms with Crippen molar-refractivity contribution in [3.05, 3.63) is 65.4 Å². The Morgan fingerprint density at radius 1 is 1.21 bits per heavy atom. The van der Waals surface area contributed by atoms with Crippen LogP contribution in [0.2, 0.25) is 0 Å². The highest BCUT2D eigenvalue weighted by Crippen LogP contribution is 2.42. The molecule has 1 aliphatic heterocycles. The van der Waals surface area contributed by atoms with Gasteiger partial charge in [-0.25, -0.2) is 17.9 Å². The molecule has 0 bridgehead atoms. The van der Waals surface area contributed by atoms with Gasteiger partial charge in [0.05, 0.1) is 34.2 Å². The summed E-state index contributed by atoms with van der Waals surface area (Å²) in [5.74, 6) is -1.10. The molecular weight excluding hydrogens is 378 g/mol. The summed E-state index contributed by atoms with van der Waals surface area (Å²) in [5, 5.41) is 13.8. The summed E-state index contributed by atoms with van der Waals surface area (Å²) in [6.45, 7) is 1.82. The molecule has 7 nitrogen and oxygen atoms in total. The lowest BCUT2D eigenvalue weighted by Gasteiger charge is -2.20. The molecule has 1 aromatic heterocycles. The average molecular weight is 393 g/mol. The first kappa shape index (κ1) is 17.9. The second-order valence-corrected chi connectivity index (χ2v) is 8.12. The normalized spacial score (nSPS) is 13.9. The fourth-order valence-electron chi connectivity index (χ4n) is 3.39. The molecule has 0 saturated carbocycles. The summed E-state index contributed by atoms with van der Waals surface area (Å²) < 4.78 is 32.5. The first-order chi connectivity index (χ1) is 13.5. The SMILES string of the molecule is CCOC(=O)c1nn(-c2ccccc2)c2c1CS(=O)(=O)c1c(C#N)cccc1-2. The summed E-state index contributed by atoms with van der Waals surface area (Å²) in [6, 6.07) is 15.8. The predicted octanol–water partition coefficient (Wildman–Crippen LogP) is 2.87. The molecule has 0 unspecified atom stereocenters. The van der Waals surface area contributed by atoms with E-state index in [0.29, 0.717) is 16.9 Å². The third kappa shape index (κ3) is 2.68. The van der Waals surface area contributed by atoms with Crippen LogP contribution in [0.1, 0.15) is 28.5 Å². The monoisotopic (exact) mass is 393 g/mol. The molecule has 0 radical (unpaired) electrons. The molecule has 0 atom stereocenters. The Labute approximate surface area is 161 Å². The van der Waals surface area contributed by atoms with Crippen LogP contribution >= 0.6 is 0 Å². The van der Waals surface area contributed by atoms with E-state index in [2.05, 4.69) is 5.10 Å². The zero-order valence-electron chi connectivity index (χ0n) is 14.9. The number of nitriles is 1. The minimum atomic E-state index is -3.82. The Kier molecular flexibility index (Phi) is 4.24. The van der Waals surface area contributed by atoms with Gasteiger partial charge in [-0.3, -0.25) is 0 Å². The fraction of sp³-hybridized carbons (Fsp3) is 0.150. The van der Waals surface area contributed by atoms with Gasteiger partial charge < -0.3 is 4.74 Å². The maximum Gasteiger partial charge on any atom is 0.359 e. The number of esters is 1. The van der Waals surface area contributed by atoms with Gasteiger partial charge in [0.1, 0.15) is 6.07 Å². The van der Waals surface area contributed by atoms with E-state index in [1.165, 1.54) is 10.7 Å². The van der Waals surface area contributed by atoms with Crippen LogP contribution in [0.25, 0.3) is 16.9 Å². The molecule has 0 fully saturated rings. The third-order valence-corrected chi connectivity index (χ3v) is 6.22. The van der Waals surface area contributed by atoms with Crippen molar-refractivity contribution in [1.82, 2.24) is 9.78 Å². The average Bonchev–Trinajstić information content (AvgIpc) is 3.07. The Morgan fingerprint density at radius 3 is 2.64 bits per heavy atom. The molecule has 3 aromatic rings. The number of sulfone groups is 1. The number of fused-ring (bicyclic) bond motifs is 3. The number of hydrogen-bond acceptors (Lipinski definition) is 6. The van der Waals surface area contributed by atoms with Crippen molar-refractivity contribution in [3.63, 3.8) is 0 Å². The lowest BCUT2D eigenvalue weighted by molar-refractivity contribution is 0.0518. The van der Waals surface area contributed by atoms with Crippen LogP contribution in [-0.4, -0.2) is 30.8 Å². The van der Waals surface area contributed by atoms with Crippen molar-refractivity contribution < 1.29 is 17.9 Å². The lowest BCUT2D eigenvalue weighted by atomic mass is 10.0. The van der Waals surface area contributed by atoms with Gasteiger partial charge in [-0.05, 0) is 25.1 Å². The molecule has 4 rings (SSSR count).